The van der Waals surface area contributed by atoms with Crippen LogP contribution in [0.5, 0.6) is 0 Å². The third kappa shape index (κ3) is 4.36. The average molecular weight is 467 g/mol. The number of rotatable bonds is 4. The quantitative estimate of drug-likeness (QED) is 0.430. The minimum absolute atomic E-state index is 0.147. The lowest BCUT2D eigenvalue weighted by Crippen LogP contribution is -2.44. The van der Waals surface area contributed by atoms with Gasteiger partial charge in [-0.25, -0.2) is 0 Å². The molecule has 1 fully saturated rings. The van der Waals surface area contributed by atoms with Crippen LogP contribution >= 0.6 is 12.2 Å². The Morgan fingerprint density at radius 2 is 1.73 bits per heavy atom. The van der Waals surface area contributed by atoms with E-state index in [0.29, 0.717) is 5.92 Å². The molecule has 2 nitrogen and oxygen atoms in total. The molecule has 2 atom stereocenters. The highest BCUT2D eigenvalue weighted by Crippen LogP contribution is 2.52. The number of halogens is 3. The van der Waals surface area contributed by atoms with E-state index in [9.17, 15) is 13.2 Å². The SMILES string of the molecule is FC(F)(F)c1ccc(-c2cccc3c2[C@@H]2C[C@H]3CCN2C(=S)NCCc2ccccc2)cc1. The Morgan fingerprint density at radius 3 is 2.45 bits per heavy atom. The number of nitrogens with one attached hydrogen (secondary N) is 1. The summed E-state index contributed by atoms with van der Waals surface area (Å²) in [4.78, 5) is 2.27. The third-order valence-electron chi connectivity index (χ3n) is 6.83. The molecule has 33 heavy (non-hydrogen) atoms. The van der Waals surface area contributed by atoms with Crippen molar-refractivity contribution in [1.82, 2.24) is 10.2 Å². The van der Waals surface area contributed by atoms with Crippen molar-refractivity contribution in [3.8, 4) is 11.1 Å². The lowest BCUT2D eigenvalue weighted by molar-refractivity contribution is -0.137. The van der Waals surface area contributed by atoms with E-state index in [1.54, 1.807) is 12.1 Å². The molecule has 1 aliphatic heterocycles. The molecule has 2 bridgehead atoms. The zero-order valence-electron chi connectivity index (χ0n) is 18.1. The van der Waals surface area contributed by atoms with Gasteiger partial charge in [0.25, 0.3) is 0 Å². The van der Waals surface area contributed by atoms with Crippen LogP contribution in [-0.4, -0.2) is 23.1 Å². The highest BCUT2D eigenvalue weighted by Gasteiger charge is 2.41. The number of fused-ring (bicyclic) bond motifs is 5. The molecule has 0 saturated carbocycles. The first-order valence-electron chi connectivity index (χ1n) is 11.3. The molecule has 0 spiro atoms. The van der Waals surface area contributed by atoms with Gasteiger partial charge >= 0.3 is 6.18 Å². The van der Waals surface area contributed by atoms with Gasteiger partial charge in [-0.15, -0.1) is 0 Å². The second-order valence-corrected chi connectivity index (χ2v) is 9.17. The fourth-order valence-corrected chi connectivity index (χ4v) is 5.55. The zero-order valence-corrected chi connectivity index (χ0v) is 18.9. The summed E-state index contributed by atoms with van der Waals surface area (Å²) >= 11 is 5.79. The largest absolute Gasteiger partial charge is 0.416 e. The summed E-state index contributed by atoms with van der Waals surface area (Å²) in [5.74, 6) is 0.475. The highest BCUT2D eigenvalue weighted by molar-refractivity contribution is 7.80. The van der Waals surface area contributed by atoms with E-state index in [2.05, 4.69) is 28.4 Å². The predicted octanol–water partition coefficient (Wildman–Crippen LogP) is 6.72. The first-order chi connectivity index (χ1) is 15.9. The number of piperidine rings is 1. The van der Waals surface area contributed by atoms with Crippen molar-refractivity contribution in [2.75, 3.05) is 13.1 Å². The molecule has 6 heteroatoms. The molecule has 0 aromatic heterocycles. The topological polar surface area (TPSA) is 15.3 Å². The number of benzene rings is 3. The Kier molecular flexibility index (Phi) is 5.87. The van der Waals surface area contributed by atoms with E-state index in [4.69, 9.17) is 12.2 Å². The van der Waals surface area contributed by atoms with Gasteiger partial charge in [0.2, 0.25) is 0 Å². The van der Waals surface area contributed by atoms with Gasteiger partial charge in [0, 0.05) is 13.1 Å². The smallest absolute Gasteiger partial charge is 0.362 e. The second kappa shape index (κ2) is 8.82. The predicted molar refractivity (Wildman–Crippen MR) is 129 cm³/mol. The molecule has 3 aromatic rings. The van der Waals surface area contributed by atoms with Crippen molar-refractivity contribution < 1.29 is 13.2 Å². The van der Waals surface area contributed by atoms with Crippen LogP contribution in [0.2, 0.25) is 0 Å². The summed E-state index contributed by atoms with van der Waals surface area (Å²) in [5.41, 5.74) is 4.99. The summed E-state index contributed by atoms with van der Waals surface area (Å²) < 4.78 is 39.1. The Bertz CT molecular complexity index is 1140. The fraction of sp³-hybridized carbons (Fsp3) is 0.296. The van der Waals surface area contributed by atoms with Crippen molar-refractivity contribution in [3.63, 3.8) is 0 Å². The van der Waals surface area contributed by atoms with Crippen LogP contribution in [0.15, 0.2) is 72.8 Å². The Labute approximate surface area is 197 Å². The van der Waals surface area contributed by atoms with Crippen molar-refractivity contribution in [3.05, 3.63) is 95.1 Å². The maximum atomic E-state index is 13.0. The number of hydrogen-bond acceptors (Lipinski definition) is 1. The van der Waals surface area contributed by atoms with Crippen LogP contribution in [0.4, 0.5) is 13.2 Å². The normalized spacial score (nSPS) is 19.3. The van der Waals surface area contributed by atoms with Gasteiger partial charge in [0.1, 0.15) is 0 Å². The third-order valence-corrected chi connectivity index (χ3v) is 7.21. The second-order valence-electron chi connectivity index (χ2n) is 8.78. The van der Waals surface area contributed by atoms with Crippen LogP contribution in [0.3, 0.4) is 0 Å². The monoisotopic (exact) mass is 466 g/mol. The minimum atomic E-state index is -4.33. The van der Waals surface area contributed by atoms with Crippen LogP contribution < -0.4 is 5.32 Å². The summed E-state index contributed by atoms with van der Waals surface area (Å²) in [5, 5.41) is 4.18. The molecule has 1 N–H and O–H groups in total. The Morgan fingerprint density at radius 1 is 0.970 bits per heavy atom. The molecule has 0 unspecified atom stereocenters. The average Bonchev–Trinajstić information content (AvgIpc) is 3.11. The van der Waals surface area contributed by atoms with E-state index < -0.39 is 11.7 Å². The van der Waals surface area contributed by atoms with Gasteiger partial charge in [-0.2, -0.15) is 13.2 Å². The lowest BCUT2D eigenvalue weighted by atomic mass is 9.93. The van der Waals surface area contributed by atoms with Crippen LogP contribution in [-0.2, 0) is 12.6 Å². The Balaban J connectivity index is 1.37. The molecule has 1 heterocycles. The van der Waals surface area contributed by atoms with Gasteiger partial charge in [-0.1, -0.05) is 60.7 Å². The maximum absolute atomic E-state index is 13.0. The molecule has 0 amide bonds. The summed E-state index contributed by atoms with van der Waals surface area (Å²) in [6.45, 7) is 1.65. The number of alkyl halides is 3. The summed E-state index contributed by atoms with van der Waals surface area (Å²) in [6.07, 6.45) is -1.41. The molecule has 5 rings (SSSR count). The van der Waals surface area contributed by atoms with Crippen molar-refractivity contribution in [1.29, 1.82) is 0 Å². The van der Waals surface area contributed by atoms with Gasteiger partial charge in [-0.3, -0.25) is 0 Å². The zero-order chi connectivity index (χ0) is 23.0. The molecule has 1 saturated heterocycles. The van der Waals surface area contributed by atoms with Gasteiger partial charge in [-0.05, 0) is 77.3 Å². The van der Waals surface area contributed by atoms with E-state index in [-0.39, 0.29) is 6.04 Å². The fourth-order valence-electron chi connectivity index (χ4n) is 5.23. The number of nitrogens with zero attached hydrogens (tertiary/aromatic N) is 1. The van der Waals surface area contributed by atoms with E-state index in [0.717, 1.165) is 48.6 Å². The van der Waals surface area contributed by atoms with E-state index >= 15 is 0 Å². The first kappa shape index (κ1) is 22.0. The van der Waals surface area contributed by atoms with Gasteiger partial charge in [0.15, 0.2) is 5.11 Å². The van der Waals surface area contributed by atoms with Crippen molar-refractivity contribution >= 4 is 17.3 Å². The lowest BCUT2D eigenvalue weighted by Gasteiger charge is -2.36. The van der Waals surface area contributed by atoms with Crippen molar-refractivity contribution in [2.45, 2.75) is 37.4 Å². The highest BCUT2D eigenvalue weighted by atomic mass is 32.1. The molecule has 0 radical (unpaired) electrons. The van der Waals surface area contributed by atoms with Crippen LogP contribution in [0, 0.1) is 0 Å². The standard InChI is InChI=1S/C27H25F3N2S/c28-27(29,30)21-11-9-19(10-12-21)22-7-4-8-23-20-14-16-32(24(17-20)25(22)23)26(33)31-15-13-18-5-2-1-3-6-18/h1-12,20,24H,13-17H2,(H,31,33)/t20-,24+/m1/s1. The summed E-state index contributed by atoms with van der Waals surface area (Å²) in [6, 6.07) is 22.2. The Hall–Kier alpha value is -2.86. The molecule has 2 aliphatic rings. The minimum Gasteiger partial charge on any atom is -0.362 e. The number of hydrogen-bond donors (Lipinski definition) is 1. The molecular weight excluding hydrogens is 441 g/mol. The van der Waals surface area contributed by atoms with Gasteiger partial charge in [0.05, 0.1) is 11.6 Å². The molecule has 3 aromatic carbocycles. The van der Waals surface area contributed by atoms with Gasteiger partial charge < -0.3 is 10.2 Å². The summed E-state index contributed by atoms with van der Waals surface area (Å²) in [7, 11) is 0. The maximum Gasteiger partial charge on any atom is 0.416 e. The number of likely N-dealkylation sites (tertiary alicyclic amines) is 1. The van der Waals surface area contributed by atoms with E-state index in [1.807, 2.05) is 30.3 Å². The molecule has 1 aliphatic carbocycles. The van der Waals surface area contributed by atoms with Crippen LogP contribution in [0.1, 0.15) is 47.1 Å². The van der Waals surface area contributed by atoms with Crippen molar-refractivity contribution in [2.24, 2.45) is 0 Å². The number of thiocarbonyl (C=S) groups is 1. The van der Waals surface area contributed by atoms with E-state index in [1.165, 1.54) is 28.8 Å². The van der Waals surface area contributed by atoms with Crippen LogP contribution in [0.25, 0.3) is 11.1 Å². The molecule has 170 valence electrons. The molecular formula is C27H25F3N2S. The first-order valence-corrected chi connectivity index (χ1v) is 11.7.